The van der Waals surface area contributed by atoms with Crippen molar-refractivity contribution in [1.82, 2.24) is 9.38 Å². The first-order valence-corrected chi connectivity index (χ1v) is 9.40. The van der Waals surface area contributed by atoms with Crippen LogP contribution in [-0.4, -0.2) is 9.38 Å². The second-order valence-corrected chi connectivity index (χ2v) is 7.52. The zero-order chi connectivity index (χ0) is 18.4. The number of fused-ring (bicyclic) bond motifs is 1. The monoisotopic (exact) mass is 365 g/mol. The van der Waals surface area contributed by atoms with Crippen LogP contribution < -0.4 is 5.32 Å². The fourth-order valence-electron chi connectivity index (χ4n) is 3.25. The number of imidazole rings is 1. The van der Waals surface area contributed by atoms with Crippen LogP contribution in [0.2, 0.25) is 0 Å². The summed E-state index contributed by atoms with van der Waals surface area (Å²) in [5.41, 5.74) is 6.57. The Labute approximate surface area is 156 Å². The number of nitrogens with zero attached hydrogens (tertiary/aromatic N) is 2. The van der Waals surface area contributed by atoms with Gasteiger partial charge in [-0.1, -0.05) is 29.8 Å². The molecule has 0 unspecified atom stereocenters. The summed E-state index contributed by atoms with van der Waals surface area (Å²) in [4.78, 5) is 5.59. The summed E-state index contributed by atoms with van der Waals surface area (Å²) < 4.78 is 16.7. The van der Waals surface area contributed by atoms with Crippen LogP contribution in [0.4, 0.5) is 15.9 Å². The smallest absolute Gasteiger partial charge is 0.196 e. The van der Waals surface area contributed by atoms with Crippen LogP contribution in [-0.2, 0) is 0 Å². The molecule has 0 saturated carbocycles. The molecule has 2 aromatic carbocycles. The van der Waals surface area contributed by atoms with Gasteiger partial charge in [0.1, 0.15) is 17.3 Å². The molecule has 0 aliphatic carbocycles. The number of aromatic nitrogens is 2. The van der Waals surface area contributed by atoms with E-state index >= 15 is 0 Å². The standard InChI is InChI=1S/C21H20FN3S/c1-12-8-9-17(22)16(10-12)19-20(25-15(4)11-26-21(25)24-19)23-18-13(2)6-5-7-14(18)3/h5-11,23H,1-4H3. The molecule has 0 fully saturated rings. The second-order valence-electron chi connectivity index (χ2n) is 6.68. The highest BCUT2D eigenvalue weighted by Gasteiger charge is 2.20. The van der Waals surface area contributed by atoms with Gasteiger partial charge in [0.05, 0.1) is 0 Å². The predicted molar refractivity (Wildman–Crippen MR) is 107 cm³/mol. The molecular weight excluding hydrogens is 345 g/mol. The summed E-state index contributed by atoms with van der Waals surface area (Å²) in [6.45, 7) is 8.14. The normalized spacial score (nSPS) is 11.3. The van der Waals surface area contributed by atoms with Gasteiger partial charge in [0.25, 0.3) is 0 Å². The van der Waals surface area contributed by atoms with Crippen molar-refractivity contribution in [2.75, 3.05) is 5.32 Å². The molecule has 0 aliphatic heterocycles. The molecule has 2 heterocycles. The van der Waals surface area contributed by atoms with E-state index in [0.717, 1.165) is 38.9 Å². The van der Waals surface area contributed by atoms with E-state index in [0.29, 0.717) is 11.3 Å². The number of hydrogen-bond acceptors (Lipinski definition) is 3. The number of hydrogen-bond donors (Lipinski definition) is 1. The fraction of sp³-hybridized carbons (Fsp3) is 0.190. The van der Waals surface area contributed by atoms with Crippen LogP contribution in [0.15, 0.2) is 41.8 Å². The van der Waals surface area contributed by atoms with Gasteiger partial charge in [-0.3, -0.25) is 4.40 Å². The minimum absolute atomic E-state index is 0.261. The number of anilines is 2. The van der Waals surface area contributed by atoms with Crippen LogP contribution in [0, 0.1) is 33.5 Å². The lowest BCUT2D eigenvalue weighted by Crippen LogP contribution is -2.01. The van der Waals surface area contributed by atoms with Crippen molar-refractivity contribution in [3.05, 3.63) is 70.0 Å². The summed E-state index contributed by atoms with van der Waals surface area (Å²) in [6, 6.07) is 11.3. The van der Waals surface area contributed by atoms with E-state index in [4.69, 9.17) is 4.98 Å². The van der Waals surface area contributed by atoms with Gasteiger partial charge in [0, 0.05) is 22.3 Å². The highest BCUT2D eigenvalue weighted by Crippen LogP contribution is 2.37. The SMILES string of the molecule is Cc1ccc(F)c(-c2nc3scc(C)n3c2Nc2c(C)cccc2C)c1. The molecule has 1 N–H and O–H groups in total. The van der Waals surface area contributed by atoms with E-state index in [1.165, 1.54) is 6.07 Å². The first kappa shape index (κ1) is 16.8. The topological polar surface area (TPSA) is 29.3 Å². The van der Waals surface area contributed by atoms with Crippen molar-refractivity contribution in [1.29, 1.82) is 0 Å². The molecule has 0 amide bonds. The predicted octanol–water partition coefficient (Wildman–Crippen LogP) is 6.18. The summed E-state index contributed by atoms with van der Waals surface area (Å²) in [7, 11) is 0. The average molecular weight is 365 g/mol. The molecule has 0 radical (unpaired) electrons. The zero-order valence-electron chi connectivity index (χ0n) is 15.2. The number of aryl methyl sites for hydroxylation is 4. The van der Waals surface area contributed by atoms with Crippen molar-refractivity contribution in [3.8, 4) is 11.3 Å². The van der Waals surface area contributed by atoms with Crippen molar-refractivity contribution >= 4 is 27.8 Å². The molecule has 0 spiro atoms. The van der Waals surface area contributed by atoms with Gasteiger partial charge in [-0.2, -0.15) is 0 Å². The number of para-hydroxylation sites is 1. The van der Waals surface area contributed by atoms with Crippen LogP contribution >= 0.6 is 11.3 Å². The van der Waals surface area contributed by atoms with E-state index in [1.54, 1.807) is 17.4 Å². The highest BCUT2D eigenvalue weighted by molar-refractivity contribution is 7.15. The first-order chi connectivity index (χ1) is 12.5. The molecule has 0 saturated heterocycles. The largest absolute Gasteiger partial charge is 0.339 e. The second kappa shape index (κ2) is 6.25. The molecule has 4 aromatic rings. The van der Waals surface area contributed by atoms with E-state index in [9.17, 15) is 4.39 Å². The van der Waals surface area contributed by atoms with E-state index in [2.05, 4.69) is 41.1 Å². The van der Waals surface area contributed by atoms with Gasteiger partial charge in [-0.25, -0.2) is 9.37 Å². The van der Waals surface area contributed by atoms with Crippen LogP contribution in [0.5, 0.6) is 0 Å². The van der Waals surface area contributed by atoms with E-state index in [-0.39, 0.29) is 5.82 Å². The summed E-state index contributed by atoms with van der Waals surface area (Å²) >= 11 is 1.56. The molecule has 132 valence electrons. The van der Waals surface area contributed by atoms with Crippen LogP contribution in [0.25, 0.3) is 16.2 Å². The Morgan fingerprint density at radius 1 is 1.04 bits per heavy atom. The van der Waals surface area contributed by atoms with Crippen molar-refractivity contribution in [3.63, 3.8) is 0 Å². The number of thiazole rings is 1. The summed E-state index contributed by atoms with van der Waals surface area (Å²) in [5.74, 6) is 0.546. The van der Waals surface area contributed by atoms with Gasteiger partial charge >= 0.3 is 0 Å². The Morgan fingerprint density at radius 3 is 2.50 bits per heavy atom. The average Bonchev–Trinajstić information content (AvgIpc) is 3.14. The van der Waals surface area contributed by atoms with Crippen LogP contribution in [0.3, 0.4) is 0 Å². The Kier molecular flexibility index (Phi) is 4.04. The lowest BCUT2D eigenvalue weighted by molar-refractivity contribution is 0.630. The van der Waals surface area contributed by atoms with E-state index < -0.39 is 0 Å². The Balaban J connectivity index is 1.98. The third-order valence-electron chi connectivity index (χ3n) is 4.64. The third-order valence-corrected chi connectivity index (χ3v) is 5.58. The van der Waals surface area contributed by atoms with E-state index in [1.807, 2.05) is 26.0 Å². The quantitative estimate of drug-likeness (QED) is 0.470. The zero-order valence-corrected chi connectivity index (χ0v) is 16.0. The number of rotatable bonds is 3. The Bertz CT molecular complexity index is 1100. The maximum absolute atomic E-state index is 14.6. The molecule has 0 bridgehead atoms. The molecule has 26 heavy (non-hydrogen) atoms. The van der Waals surface area contributed by atoms with Crippen LogP contribution in [0.1, 0.15) is 22.4 Å². The number of nitrogens with one attached hydrogen (secondary N) is 1. The number of halogens is 1. The van der Waals surface area contributed by atoms with Gasteiger partial charge in [-0.15, -0.1) is 11.3 Å². The molecule has 3 nitrogen and oxygen atoms in total. The minimum atomic E-state index is -0.261. The molecular formula is C21H20FN3S. The van der Waals surface area contributed by atoms with Crippen molar-refractivity contribution in [2.45, 2.75) is 27.7 Å². The first-order valence-electron chi connectivity index (χ1n) is 8.52. The Hall–Kier alpha value is -2.66. The van der Waals surface area contributed by atoms with Gasteiger partial charge < -0.3 is 5.32 Å². The van der Waals surface area contributed by atoms with Gasteiger partial charge in [-0.05, 0) is 51.0 Å². The summed E-state index contributed by atoms with van der Waals surface area (Å²) in [5, 5.41) is 5.61. The Morgan fingerprint density at radius 2 is 1.77 bits per heavy atom. The summed E-state index contributed by atoms with van der Waals surface area (Å²) in [6.07, 6.45) is 0. The molecule has 0 aliphatic rings. The van der Waals surface area contributed by atoms with Crippen molar-refractivity contribution in [2.24, 2.45) is 0 Å². The molecule has 5 heteroatoms. The molecule has 0 atom stereocenters. The maximum atomic E-state index is 14.6. The lowest BCUT2D eigenvalue weighted by Gasteiger charge is -2.14. The molecule has 2 aromatic heterocycles. The van der Waals surface area contributed by atoms with Gasteiger partial charge in [0.15, 0.2) is 4.96 Å². The van der Waals surface area contributed by atoms with Crippen molar-refractivity contribution < 1.29 is 4.39 Å². The van der Waals surface area contributed by atoms with Gasteiger partial charge in [0.2, 0.25) is 0 Å². The fourth-order valence-corrected chi connectivity index (χ4v) is 4.12. The maximum Gasteiger partial charge on any atom is 0.196 e. The molecule has 4 rings (SSSR count). The minimum Gasteiger partial charge on any atom is -0.339 e. The highest BCUT2D eigenvalue weighted by atomic mass is 32.1. The third kappa shape index (κ3) is 2.69. The lowest BCUT2D eigenvalue weighted by atomic mass is 10.1. The number of benzene rings is 2.